The average molecular weight is 485 g/mol. The monoisotopic (exact) mass is 484 g/mol. The zero-order valence-electron chi connectivity index (χ0n) is 19.5. The number of hydrogen-bond donors (Lipinski definition) is 2. The van der Waals surface area contributed by atoms with Crippen LogP contribution in [-0.2, 0) is 17.7 Å². The number of pyridine rings is 1. The minimum atomic E-state index is -0.425. The molecular formula is C25H24N8O3. The summed E-state index contributed by atoms with van der Waals surface area (Å²) in [6.45, 7) is 2.60. The van der Waals surface area contributed by atoms with Gasteiger partial charge in [0.25, 0.3) is 5.56 Å². The standard InChI is InChI=1S/C25H24N8O3/c34-23-20-14-28-24(29-17-2-1-16-13-26-7-5-15(16)11-17)30-22(20)32(33(23)18-3-4-18)19-6-8-27-21(12-19)31-9-10-36-25(31)35/h1-2,6,8,11-12,14,18,26H,3-5,7,9-10,13H2,(H,28,29,30). The smallest absolute Gasteiger partial charge is 0.415 e. The molecule has 1 amide bonds. The van der Waals surface area contributed by atoms with Gasteiger partial charge in [-0.1, -0.05) is 6.07 Å². The molecule has 1 aromatic carbocycles. The molecule has 3 aromatic heterocycles. The number of nitrogens with zero attached hydrogens (tertiary/aromatic N) is 6. The van der Waals surface area contributed by atoms with Crippen LogP contribution in [0.4, 0.5) is 22.2 Å². The lowest BCUT2D eigenvalue weighted by molar-refractivity contribution is 0.181. The van der Waals surface area contributed by atoms with Crippen LogP contribution >= 0.6 is 0 Å². The van der Waals surface area contributed by atoms with Crippen LogP contribution in [0, 0.1) is 0 Å². The minimum Gasteiger partial charge on any atom is -0.447 e. The van der Waals surface area contributed by atoms with Crippen molar-refractivity contribution in [2.75, 3.05) is 29.9 Å². The van der Waals surface area contributed by atoms with E-state index in [9.17, 15) is 9.59 Å². The van der Waals surface area contributed by atoms with Gasteiger partial charge in [0.15, 0.2) is 5.65 Å². The Bertz CT molecular complexity index is 1570. The first-order valence-corrected chi connectivity index (χ1v) is 12.2. The Kier molecular flexibility index (Phi) is 4.78. The normalized spacial score (nSPS) is 17.3. The van der Waals surface area contributed by atoms with Gasteiger partial charge in [-0.15, -0.1) is 0 Å². The van der Waals surface area contributed by atoms with Crippen LogP contribution < -0.4 is 21.1 Å². The minimum absolute atomic E-state index is 0.103. The summed E-state index contributed by atoms with van der Waals surface area (Å²) in [6, 6.07) is 9.98. The van der Waals surface area contributed by atoms with Crippen molar-refractivity contribution in [2.24, 2.45) is 0 Å². The maximum Gasteiger partial charge on any atom is 0.415 e. The van der Waals surface area contributed by atoms with Gasteiger partial charge in [0, 0.05) is 30.7 Å². The summed E-state index contributed by atoms with van der Waals surface area (Å²) >= 11 is 0. The number of ether oxygens (including phenoxy) is 1. The molecule has 182 valence electrons. The summed E-state index contributed by atoms with van der Waals surface area (Å²) in [7, 11) is 0. The molecule has 7 rings (SSSR count). The predicted octanol–water partition coefficient (Wildman–Crippen LogP) is 2.66. The van der Waals surface area contributed by atoms with E-state index in [-0.39, 0.29) is 11.6 Å². The summed E-state index contributed by atoms with van der Waals surface area (Å²) in [6.07, 6.45) is 5.62. The largest absolute Gasteiger partial charge is 0.447 e. The predicted molar refractivity (Wildman–Crippen MR) is 133 cm³/mol. The highest BCUT2D eigenvalue weighted by Crippen LogP contribution is 2.36. The van der Waals surface area contributed by atoms with E-state index in [0.717, 1.165) is 38.0 Å². The van der Waals surface area contributed by atoms with Crippen molar-refractivity contribution >= 4 is 34.6 Å². The molecule has 11 heteroatoms. The molecule has 5 heterocycles. The van der Waals surface area contributed by atoms with Gasteiger partial charge in [-0.2, -0.15) is 4.98 Å². The highest BCUT2D eigenvalue weighted by Gasteiger charge is 2.31. The number of anilines is 3. The zero-order chi connectivity index (χ0) is 24.2. The lowest BCUT2D eigenvalue weighted by Gasteiger charge is -2.18. The lowest BCUT2D eigenvalue weighted by Crippen LogP contribution is -2.25. The summed E-state index contributed by atoms with van der Waals surface area (Å²) in [4.78, 5) is 40.5. The fourth-order valence-corrected chi connectivity index (χ4v) is 4.93. The van der Waals surface area contributed by atoms with E-state index in [4.69, 9.17) is 9.72 Å². The van der Waals surface area contributed by atoms with E-state index in [1.54, 1.807) is 23.1 Å². The van der Waals surface area contributed by atoms with Gasteiger partial charge >= 0.3 is 6.09 Å². The Morgan fingerprint density at radius 1 is 1.08 bits per heavy atom. The first-order valence-electron chi connectivity index (χ1n) is 12.2. The average Bonchev–Trinajstić information content (AvgIpc) is 3.58. The molecule has 2 N–H and O–H groups in total. The van der Waals surface area contributed by atoms with Crippen molar-refractivity contribution in [1.29, 1.82) is 0 Å². The number of hydrogen-bond acceptors (Lipinski definition) is 8. The third kappa shape index (κ3) is 3.51. The first kappa shape index (κ1) is 21.1. The second-order valence-corrected chi connectivity index (χ2v) is 9.30. The number of fused-ring (bicyclic) bond motifs is 2. The van der Waals surface area contributed by atoms with Gasteiger partial charge in [0.05, 0.1) is 18.3 Å². The van der Waals surface area contributed by atoms with Gasteiger partial charge in [0.2, 0.25) is 5.95 Å². The van der Waals surface area contributed by atoms with Crippen molar-refractivity contribution in [1.82, 2.24) is 29.6 Å². The van der Waals surface area contributed by atoms with Crippen LogP contribution in [0.15, 0.2) is 47.5 Å². The quantitative estimate of drug-likeness (QED) is 0.444. The topological polar surface area (TPSA) is 119 Å². The van der Waals surface area contributed by atoms with Gasteiger partial charge in [-0.3, -0.25) is 9.69 Å². The Hall–Kier alpha value is -4.25. The first-order chi connectivity index (χ1) is 17.7. The van der Waals surface area contributed by atoms with E-state index >= 15 is 0 Å². The fraction of sp³-hybridized carbons (Fsp3) is 0.320. The highest BCUT2D eigenvalue weighted by molar-refractivity contribution is 5.88. The molecule has 0 atom stereocenters. The van der Waals surface area contributed by atoms with Crippen molar-refractivity contribution < 1.29 is 9.53 Å². The summed E-state index contributed by atoms with van der Waals surface area (Å²) in [5.74, 6) is 0.887. The third-order valence-corrected chi connectivity index (χ3v) is 6.88. The number of nitrogens with one attached hydrogen (secondary N) is 2. The zero-order valence-corrected chi connectivity index (χ0v) is 19.5. The van der Waals surface area contributed by atoms with E-state index in [2.05, 4.69) is 32.7 Å². The summed E-state index contributed by atoms with van der Waals surface area (Å²) < 4.78 is 8.64. The Morgan fingerprint density at radius 2 is 2.00 bits per heavy atom. The van der Waals surface area contributed by atoms with Crippen LogP contribution in [0.5, 0.6) is 0 Å². The SMILES string of the molecule is O=C1OCCN1c1cc(-n2c3nc(Nc4ccc5c(c4)CCNC5)ncc3c(=O)n2C2CC2)ccn1. The van der Waals surface area contributed by atoms with Crippen LogP contribution in [0.1, 0.15) is 30.0 Å². The second-order valence-electron chi connectivity index (χ2n) is 9.30. The highest BCUT2D eigenvalue weighted by atomic mass is 16.6. The van der Waals surface area contributed by atoms with Crippen LogP contribution in [0.3, 0.4) is 0 Å². The fourth-order valence-electron chi connectivity index (χ4n) is 4.93. The molecule has 3 aliphatic rings. The van der Waals surface area contributed by atoms with Crippen molar-refractivity contribution in [2.45, 2.75) is 31.8 Å². The molecule has 0 spiro atoms. The van der Waals surface area contributed by atoms with E-state index in [1.165, 1.54) is 16.0 Å². The molecule has 1 saturated carbocycles. The number of aromatic nitrogens is 5. The molecule has 0 bridgehead atoms. The third-order valence-electron chi connectivity index (χ3n) is 6.88. The van der Waals surface area contributed by atoms with Gasteiger partial charge in [-0.05, 0) is 55.1 Å². The molecule has 0 unspecified atom stereocenters. The molecule has 36 heavy (non-hydrogen) atoms. The molecular weight excluding hydrogens is 460 g/mol. The molecule has 4 aromatic rings. The number of rotatable bonds is 5. The van der Waals surface area contributed by atoms with Crippen LogP contribution in [0.25, 0.3) is 16.7 Å². The number of amides is 1. The van der Waals surface area contributed by atoms with Crippen molar-refractivity contribution in [3.63, 3.8) is 0 Å². The van der Waals surface area contributed by atoms with Gasteiger partial charge < -0.3 is 15.4 Å². The number of benzene rings is 1. The molecule has 2 fully saturated rings. The second kappa shape index (κ2) is 8.16. The molecule has 11 nitrogen and oxygen atoms in total. The number of cyclic esters (lactones) is 1. The maximum atomic E-state index is 13.4. The Morgan fingerprint density at radius 3 is 2.83 bits per heavy atom. The van der Waals surface area contributed by atoms with E-state index < -0.39 is 6.09 Å². The molecule has 2 aliphatic heterocycles. The Balaban J connectivity index is 1.32. The van der Waals surface area contributed by atoms with E-state index in [0.29, 0.717) is 41.6 Å². The summed E-state index contributed by atoms with van der Waals surface area (Å²) in [5.41, 5.74) is 4.59. The van der Waals surface area contributed by atoms with Crippen molar-refractivity contribution in [3.05, 3.63) is 64.2 Å². The summed E-state index contributed by atoms with van der Waals surface area (Å²) in [5, 5.41) is 7.14. The number of carbonyl (C=O) groups is 1. The van der Waals surface area contributed by atoms with Crippen molar-refractivity contribution in [3.8, 4) is 5.69 Å². The van der Waals surface area contributed by atoms with Crippen LogP contribution in [0.2, 0.25) is 0 Å². The van der Waals surface area contributed by atoms with Crippen LogP contribution in [-0.4, -0.2) is 50.1 Å². The Labute approximate surface area is 205 Å². The molecule has 1 saturated heterocycles. The lowest BCUT2D eigenvalue weighted by atomic mass is 10.0. The molecule has 0 radical (unpaired) electrons. The molecule has 1 aliphatic carbocycles. The maximum absolute atomic E-state index is 13.4. The van der Waals surface area contributed by atoms with Gasteiger partial charge in [0.1, 0.15) is 17.8 Å². The van der Waals surface area contributed by atoms with Gasteiger partial charge in [-0.25, -0.2) is 24.1 Å². The van der Waals surface area contributed by atoms with E-state index in [1.807, 2.05) is 16.8 Å². The number of carbonyl (C=O) groups excluding carboxylic acids is 1.